The number of hydrogen-bond donors (Lipinski definition) is 1. The number of benzene rings is 1. The van der Waals surface area contributed by atoms with E-state index in [9.17, 15) is 4.39 Å². The summed E-state index contributed by atoms with van der Waals surface area (Å²) in [5.74, 6) is 0.388. The lowest BCUT2D eigenvalue weighted by molar-refractivity contribution is 0.545. The maximum absolute atomic E-state index is 14.4. The maximum atomic E-state index is 14.4. The molecule has 3 heteroatoms. The van der Waals surface area contributed by atoms with Crippen molar-refractivity contribution in [2.75, 3.05) is 18.0 Å². The molecule has 2 nitrogen and oxygen atoms in total. The fourth-order valence-corrected chi connectivity index (χ4v) is 2.43. The van der Waals surface area contributed by atoms with Crippen molar-refractivity contribution in [2.45, 2.75) is 53.6 Å². The van der Waals surface area contributed by atoms with Gasteiger partial charge in [-0.1, -0.05) is 26.8 Å². The number of rotatable bonds is 7. The van der Waals surface area contributed by atoms with E-state index in [2.05, 4.69) is 51.8 Å². The van der Waals surface area contributed by atoms with Gasteiger partial charge in [0.1, 0.15) is 5.82 Å². The highest BCUT2D eigenvalue weighted by Crippen LogP contribution is 2.25. The topological polar surface area (TPSA) is 15.3 Å². The molecule has 1 aromatic carbocycles. The van der Waals surface area contributed by atoms with Crippen molar-refractivity contribution in [3.05, 3.63) is 29.6 Å². The van der Waals surface area contributed by atoms with E-state index < -0.39 is 0 Å². The molecule has 0 saturated heterocycles. The lowest BCUT2D eigenvalue weighted by atomic mass is 10.1. The Hall–Kier alpha value is -1.09. The van der Waals surface area contributed by atoms with E-state index in [0.29, 0.717) is 17.6 Å². The Morgan fingerprint density at radius 1 is 1.15 bits per heavy atom. The minimum Gasteiger partial charge on any atom is -0.366 e. The third-order valence-electron chi connectivity index (χ3n) is 3.48. The molecule has 0 aromatic heterocycles. The predicted octanol–water partition coefficient (Wildman–Crippen LogP) is 4.37. The van der Waals surface area contributed by atoms with Crippen LogP contribution in [0.1, 0.15) is 53.1 Å². The monoisotopic (exact) mass is 280 g/mol. The molecule has 0 fully saturated rings. The molecule has 0 aliphatic heterocycles. The van der Waals surface area contributed by atoms with E-state index in [1.165, 1.54) is 0 Å². The van der Waals surface area contributed by atoms with Crippen LogP contribution in [-0.2, 0) is 0 Å². The van der Waals surface area contributed by atoms with Gasteiger partial charge in [0.2, 0.25) is 0 Å². The molecule has 0 spiro atoms. The van der Waals surface area contributed by atoms with Crippen molar-refractivity contribution in [2.24, 2.45) is 5.92 Å². The first-order valence-corrected chi connectivity index (χ1v) is 7.66. The Morgan fingerprint density at radius 2 is 1.80 bits per heavy atom. The van der Waals surface area contributed by atoms with Crippen LogP contribution in [0.2, 0.25) is 0 Å². The highest BCUT2D eigenvalue weighted by atomic mass is 19.1. The summed E-state index contributed by atoms with van der Waals surface area (Å²) in [6, 6.07) is 6.09. The summed E-state index contributed by atoms with van der Waals surface area (Å²) in [6.07, 6.45) is 0. The van der Waals surface area contributed by atoms with Gasteiger partial charge in [-0.15, -0.1) is 0 Å². The Labute approximate surface area is 123 Å². The average molecular weight is 280 g/mol. The fraction of sp³-hybridized carbons (Fsp3) is 0.647. The van der Waals surface area contributed by atoms with Gasteiger partial charge < -0.3 is 10.2 Å². The predicted molar refractivity (Wildman–Crippen MR) is 85.8 cm³/mol. The zero-order chi connectivity index (χ0) is 15.3. The maximum Gasteiger partial charge on any atom is 0.146 e. The summed E-state index contributed by atoms with van der Waals surface area (Å²) < 4.78 is 14.4. The van der Waals surface area contributed by atoms with E-state index in [-0.39, 0.29) is 11.9 Å². The zero-order valence-electron chi connectivity index (χ0n) is 13.7. The number of nitrogens with zero attached hydrogens (tertiary/aromatic N) is 1. The van der Waals surface area contributed by atoms with Gasteiger partial charge in [0.05, 0.1) is 5.69 Å². The number of anilines is 1. The van der Waals surface area contributed by atoms with E-state index in [1.54, 1.807) is 6.07 Å². The zero-order valence-corrected chi connectivity index (χ0v) is 13.7. The molecule has 0 aliphatic carbocycles. The van der Waals surface area contributed by atoms with Gasteiger partial charge in [-0.05, 0) is 50.9 Å². The molecule has 1 rings (SSSR count). The van der Waals surface area contributed by atoms with Gasteiger partial charge in [0, 0.05) is 18.6 Å². The van der Waals surface area contributed by atoms with Crippen molar-refractivity contribution in [1.29, 1.82) is 0 Å². The minimum absolute atomic E-state index is 0.124. The van der Waals surface area contributed by atoms with Crippen LogP contribution in [0.4, 0.5) is 10.1 Å². The van der Waals surface area contributed by atoms with Gasteiger partial charge in [-0.2, -0.15) is 0 Å². The summed E-state index contributed by atoms with van der Waals surface area (Å²) in [5.41, 5.74) is 1.71. The molecule has 20 heavy (non-hydrogen) atoms. The van der Waals surface area contributed by atoms with Crippen LogP contribution < -0.4 is 10.2 Å². The minimum atomic E-state index is -0.124. The third kappa shape index (κ3) is 4.48. The molecule has 1 N–H and O–H groups in total. The van der Waals surface area contributed by atoms with Crippen LogP contribution in [0.15, 0.2) is 18.2 Å². The SMILES string of the molecule is CCNC(C)c1ccc(N(CC(C)C)C(C)C)c(F)c1. The second kappa shape index (κ2) is 7.63. The molecule has 0 heterocycles. The largest absolute Gasteiger partial charge is 0.366 e. The van der Waals surface area contributed by atoms with Gasteiger partial charge in [0.15, 0.2) is 0 Å². The van der Waals surface area contributed by atoms with Crippen molar-refractivity contribution in [3.63, 3.8) is 0 Å². The van der Waals surface area contributed by atoms with Gasteiger partial charge in [-0.25, -0.2) is 4.39 Å². The van der Waals surface area contributed by atoms with E-state index >= 15 is 0 Å². The molecule has 114 valence electrons. The van der Waals surface area contributed by atoms with Gasteiger partial charge in [-0.3, -0.25) is 0 Å². The van der Waals surface area contributed by atoms with E-state index in [4.69, 9.17) is 0 Å². The molecule has 1 unspecified atom stereocenters. The highest BCUT2D eigenvalue weighted by Gasteiger charge is 2.17. The van der Waals surface area contributed by atoms with Crippen molar-refractivity contribution < 1.29 is 4.39 Å². The number of hydrogen-bond acceptors (Lipinski definition) is 2. The van der Waals surface area contributed by atoms with Crippen LogP contribution in [-0.4, -0.2) is 19.1 Å². The summed E-state index contributed by atoms with van der Waals surface area (Å²) in [5, 5.41) is 3.31. The van der Waals surface area contributed by atoms with Gasteiger partial charge in [0.25, 0.3) is 0 Å². The fourth-order valence-electron chi connectivity index (χ4n) is 2.43. The van der Waals surface area contributed by atoms with Crippen molar-refractivity contribution >= 4 is 5.69 Å². The molecule has 1 atom stereocenters. The Bertz CT molecular complexity index is 415. The Morgan fingerprint density at radius 3 is 2.25 bits per heavy atom. The summed E-state index contributed by atoms with van der Waals surface area (Å²) in [6.45, 7) is 14.4. The summed E-state index contributed by atoms with van der Waals surface area (Å²) >= 11 is 0. The van der Waals surface area contributed by atoms with Crippen LogP contribution >= 0.6 is 0 Å². The first kappa shape index (κ1) is 17.0. The summed E-state index contributed by atoms with van der Waals surface area (Å²) in [7, 11) is 0. The van der Waals surface area contributed by atoms with Crippen molar-refractivity contribution in [3.8, 4) is 0 Å². The van der Waals surface area contributed by atoms with E-state index in [1.807, 2.05) is 12.1 Å². The standard InChI is InChI=1S/C17H29FN2/c1-7-19-14(6)15-8-9-17(16(18)10-15)20(13(4)5)11-12(2)3/h8-10,12-14,19H,7,11H2,1-6H3. The highest BCUT2D eigenvalue weighted by molar-refractivity contribution is 5.50. The molecular formula is C17H29FN2. The first-order valence-electron chi connectivity index (χ1n) is 7.66. The Kier molecular flexibility index (Phi) is 6.47. The molecule has 0 aliphatic rings. The first-order chi connectivity index (χ1) is 9.36. The number of halogens is 1. The molecule has 0 saturated carbocycles. The average Bonchev–Trinajstić information content (AvgIpc) is 2.36. The molecule has 1 aromatic rings. The second-order valence-corrected chi connectivity index (χ2v) is 6.13. The van der Waals surface area contributed by atoms with E-state index in [0.717, 1.165) is 18.7 Å². The quantitative estimate of drug-likeness (QED) is 0.798. The third-order valence-corrected chi connectivity index (χ3v) is 3.48. The lowest BCUT2D eigenvalue weighted by Gasteiger charge is -2.31. The van der Waals surface area contributed by atoms with Crippen LogP contribution in [0.5, 0.6) is 0 Å². The Balaban J connectivity index is 3.00. The second-order valence-electron chi connectivity index (χ2n) is 6.13. The van der Waals surface area contributed by atoms with Crippen LogP contribution in [0, 0.1) is 11.7 Å². The van der Waals surface area contributed by atoms with Crippen LogP contribution in [0.25, 0.3) is 0 Å². The molecule has 0 amide bonds. The molecule has 0 radical (unpaired) electrons. The van der Waals surface area contributed by atoms with Crippen molar-refractivity contribution in [1.82, 2.24) is 5.32 Å². The lowest BCUT2D eigenvalue weighted by Crippen LogP contribution is -2.34. The van der Waals surface area contributed by atoms with Gasteiger partial charge >= 0.3 is 0 Å². The normalized spacial score (nSPS) is 13.1. The van der Waals surface area contributed by atoms with Crippen LogP contribution in [0.3, 0.4) is 0 Å². The smallest absolute Gasteiger partial charge is 0.146 e. The number of nitrogens with one attached hydrogen (secondary N) is 1. The molecule has 0 bridgehead atoms. The molecular weight excluding hydrogens is 251 g/mol. The summed E-state index contributed by atoms with van der Waals surface area (Å²) in [4.78, 5) is 2.14.